The van der Waals surface area contributed by atoms with Gasteiger partial charge in [0.1, 0.15) is 5.66 Å². The van der Waals surface area contributed by atoms with Crippen LogP contribution in [0, 0.1) is 0 Å². The van der Waals surface area contributed by atoms with Crippen molar-refractivity contribution in [1.82, 2.24) is 10.6 Å². The highest BCUT2D eigenvalue weighted by atomic mass is 16.2. The van der Waals surface area contributed by atoms with Gasteiger partial charge in [-0.05, 0) is 25.6 Å². The highest BCUT2D eigenvalue weighted by Crippen LogP contribution is 2.34. The molecule has 2 aliphatic rings. The average molecular weight is 231 g/mol. The summed E-state index contributed by atoms with van der Waals surface area (Å²) in [7, 11) is 0. The number of likely N-dealkylation sites (N-methyl/N-ethyl adjacent to an activating group) is 1. The van der Waals surface area contributed by atoms with Crippen LogP contribution in [-0.4, -0.2) is 31.2 Å². The molecule has 1 spiro atoms. The van der Waals surface area contributed by atoms with Gasteiger partial charge >= 0.3 is 0 Å². The molecule has 0 radical (unpaired) electrons. The fourth-order valence-corrected chi connectivity index (χ4v) is 2.97. The lowest BCUT2D eigenvalue weighted by Crippen LogP contribution is -2.65. The molecule has 4 heteroatoms. The molecule has 0 unspecified atom stereocenters. The molecule has 4 nitrogen and oxygen atoms in total. The Morgan fingerprint density at radius 2 is 2.24 bits per heavy atom. The molecule has 0 aliphatic carbocycles. The van der Waals surface area contributed by atoms with Gasteiger partial charge in [0, 0.05) is 19.5 Å². The quantitative estimate of drug-likeness (QED) is 0.756. The van der Waals surface area contributed by atoms with E-state index in [4.69, 9.17) is 0 Å². The van der Waals surface area contributed by atoms with Crippen LogP contribution in [0.3, 0.4) is 0 Å². The Morgan fingerprint density at radius 1 is 1.41 bits per heavy atom. The van der Waals surface area contributed by atoms with Gasteiger partial charge in [-0.3, -0.25) is 4.79 Å². The fraction of sp³-hybridized carbons (Fsp3) is 0.462. The van der Waals surface area contributed by atoms with Crippen LogP contribution in [-0.2, 0) is 0 Å². The molecule has 1 fully saturated rings. The minimum absolute atomic E-state index is 0.0500. The minimum atomic E-state index is -0.222. The van der Waals surface area contributed by atoms with Crippen molar-refractivity contribution in [3.8, 4) is 0 Å². The third-order valence-electron chi connectivity index (χ3n) is 3.75. The van der Waals surface area contributed by atoms with Crippen LogP contribution in [0.25, 0.3) is 0 Å². The number of nitrogens with one attached hydrogen (secondary N) is 2. The van der Waals surface area contributed by atoms with E-state index in [0.29, 0.717) is 0 Å². The van der Waals surface area contributed by atoms with Crippen molar-refractivity contribution < 1.29 is 4.79 Å². The smallest absolute Gasteiger partial charge is 0.255 e. The second-order valence-corrected chi connectivity index (χ2v) is 4.67. The second-order valence-electron chi connectivity index (χ2n) is 4.67. The topological polar surface area (TPSA) is 44.4 Å². The predicted molar refractivity (Wildman–Crippen MR) is 67.1 cm³/mol. The summed E-state index contributed by atoms with van der Waals surface area (Å²) in [6.45, 7) is 4.81. The number of anilines is 1. The largest absolute Gasteiger partial charge is 0.347 e. The van der Waals surface area contributed by atoms with Crippen LogP contribution in [0.15, 0.2) is 24.3 Å². The molecule has 1 amide bonds. The molecular weight excluding hydrogens is 214 g/mol. The van der Waals surface area contributed by atoms with Gasteiger partial charge in [-0.25, -0.2) is 0 Å². The predicted octanol–water partition coefficient (Wildman–Crippen LogP) is 0.946. The Labute approximate surface area is 101 Å². The molecule has 0 aromatic heterocycles. The number of rotatable bonds is 1. The fourth-order valence-electron chi connectivity index (χ4n) is 2.97. The summed E-state index contributed by atoms with van der Waals surface area (Å²) in [5.41, 5.74) is 1.62. The van der Waals surface area contributed by atoms with Gasteiger partial charge in [0.25, 0.3) is 5.91 Å². The van der Waals surface area contributed by atoms with Crippen LogP contribution >= 0.6 is 0 Å². The highest BCUT2D eigenvalue weighted by molar-refractivity contribution is 6.02. The first kappa shape index (κ1) is 10.6. The lowest BCUT2D eigenvalue weighted by atomic mass is 9.98. The molecule has 2 aliphatic heterocycles. The molecule has 90 valence electrons. The van der Waals surface area contributed by atoms with Crippen LogP contribution in [0.2, 0.25) is 0 Å². The molecular formula is C13H17N3O. The Bertz CT molecular complexity index is 452. The number of fused-ring (bicyclic) bond motifs is 1. The summed E-state index contributed by atoms with van der Waals surface area (Å²) in [6, 6.07) is 7.84. The summed E-state index contributed by atoms with van der Waals surface area (Å²) in [5, 5.41) is 6.52. The van der Waals surface area contributed by atoms with Crippen LogP contribution in [0.5, 0.6) is 0 Å². The van der Waals surface area contributed by atoms with E-state index < -0.39 is 0 Å². The molecule has 1 aromatic carbocycles. The van der Waals surface area contributed by atoms with E-state index in [9.17, 15) is 4.79 Å². The SMILES string of the molecule is CCN1c2ccccc2C(=O)N[C@@]12CCNC2. The summed E-state index contributed by atoms with van der Waals surface area (Å²) < 4.78 is 0. The number of hydrogen-bond donors (Lipinski definition) is 2. The van der Waals surface area contributed by atoms with Crippen molar-refractivity contribution in [2.24, 2.45) is 0 Å². The molecule has 1 atom stereocenters. The molecule has 17 heavy (non-hydrogen) atoms. The monoisotopic (exact) mass is 231 g/mol. The van der Waals surface area contributed by atoms with Gasteiger partial charge in [0.05, 0.1) is 11.3 Å². The zero-order valence-corrected chi connectivity index (χ0v) is 9.99. The molecule has 2 N–H and O–H groups in total. The number of nitrogens with zero attached hydrogens (tertiary/aromatic N) is 1. The molecule has 3 rings (SSSR count). The highest BCUT2D eigenvalue weighted by Gasteiger charge is 2.44. The zero-order valence-electron chi connectivity index (χ0n) is 9.99. The van der Waals surface area contributed by atoms with Crippen molar-refractivity contribution in [2.45, 2.75) is 19.0 Å². The van der Waals surface area contributed by atoms with Gasteiger partial charge < -0.3 is 15.5 Å². The number of amides is 1. The van der Waals surface area contributed by atoms with E-state index in [-0.39, 0.29) is 11.6 Å². The normalized spacial score (nSPS) is 27.1. The second kappa shape index (κ2) is 3.74. The van der Waals surface area contributed by atoms with E-state index >= 15 is 0 Å². The molecule has 0 bridgehead atoms. The van der Waals surface area contributed by atoms with E-state index in [0.717, 1.165) is 37.3 Å². The average Bonchev–Trinajstić information content (AvgIpc) is 2.79. The minimum Gasteiger partial charge on any atom is -0.347 e. The Hall–Kier alpha value is -1.55. The maximum atomic E-state index is 12.1. The first-order chi connectivity index (χ1) is 8.27. The third kappa shape index (κ3) is 1.44. The Kier molecular flexibility index (Phi) is 2.33. The van der Waals surface area contributed by atoms with E-state index in [1.807, 2.05) is 24.3 Å². The van der Waals surface area contributed by atoms with Crippen molar-refractivity contribution in [1.29, 1.82) is 0 Å². The number of hydrogen-bond acceptors (Lipinski definition) is 3. The first-order valence-corrected chi connectivity index (χ1v) is 6.17. The number of benzene rings is 1. The zero-order chi connectivity index (χ0) is 11.9. The van der Waals surface area contributed by atoms with E-state index in [1.54, 1.807) is 0 Å². The summed E-state index contributed by atoms with van der Waals surface area (Å²) >= 11 is 0. The van der Waals surface area contributed by atoms with Gasteiger partial charge in [0.15, 0.2) is 0 Å². The Morgan fingerprint density at radius 3 is 2.94 bits per heavy atom. The van der Waals surface area contributed by atoms with Crippen molar-refractivity contribution in [3.05, 3.63) is 29.8 Å². The standard InChI is InChI=1S/C13H17N3O/c1-2-16-11-6-4-3-5-10(11)12(17)15-13(16)7-8-14-9-13/h3-6,14H,2,7-9H2,1H3,(H,15,17)/t13-/m0/s1. The third-order valence-corrected chi connectivity index (χ3v) is 3.75. The molecule has 1 aromatic rings. The maximum Gasteiger partial charge on any atom is 0.255 e. The van der Waals surface area contributed by atoms with Crippen molar-refractivity contribution >= 4 is 11.6 Å². The molecule has 2 heterocycles. The lowest BCUT2D eigenvalue weighted by molar-refractivity contribution is 0.0889. The van der Waals surface area contributed by atoms with E-state index in [1.165, 1.54) is 0 Å². The number of carbonyl (C=O) groups is 1. The van der Waals surface area contributed by atoms with Crippen LogP contribution in [0.4, 0.5) is 5.69 Å². The van der Waals surface area contributed by atoms with Crippen molar-refractivity contribution in [3.63, 3.8) is 0 Å². The van der Waals surface area contributed by atoms with E-state index in [2.05, 4.69) is 22.5 Å². The lowest BCUT2D eigenvalue weighted by Gasteiger charge is -2.46. The van der Waals surface area contributed by atoms with Gasteiger partial charge in [0.2, 0.25) is 0 Å². The summed E-state index contributed by atoms with van der Waals surface area (Å²) in [5.74, 6) is 0.0500. The van der Waals surface area contributed by atoms with Crippen LogP contribution in [0.1, 0.15) is 23.7 Å². The van der Waals surface area contributed by atoms with Gasteiger partial charge in [-0.2, -0.15) is 0 Å². The van der Waals surface area contributed by atoms with Gasteiger partial charge in [-0.1, -0.05) is 12.1 Å². The van der Waals surface area contributed by atoms with Crippen LogP contribution < -0.4 is 15.5 Å². The van der Waals surface area contributed by atoms with Gasteiger partial charge in [-0.15, -0.1) is 0 Å². The number of carbonyl (C=O) groups excluding carboxylic acids is 1. The summed E-state index contributed by atoms with van der Waals surface area (Å²) in [4.78, 5) is 14.5. The molecule has 1 saturated heterocycles. The summed E-state index contributed by atoms with van der Waals surface area (Å²) in [6.07, 6.45) is 0.959. The molecule has 0 saturated carbocycles. The first-order valence-electron chi connectivity index (χ1n) is 6.17. The number of para-hydroxylation sites is 1. The maximum absolute atomic E-state index is 12.1. The Balaban J connectivity index is 2.11. The van der Waals surface area contributed by atoms with Crippen molar-refractivity contribution in [2.75, 3.05) is 24.5 Å².